The van der Waals surface area contributed by atoms with E-state index in [4.69, 9.17) is 5.11 Å². The Bertz CT molecular complexity index is 592. The van der Waals surface area contributed by atoms with E-state index in [9.17, 15) is 9.59 Å². The third-order valence-electron chi connectivity index (χ3n) is 2.25. The Morgan fingerprint density at radius 1 is 1.53 bits per heavy atom. The highest BCUT2D eigenvalue weighted by atomic mass is 32.1. The number of aromatic nitrogens is 4. The van der Waals surface area contributed by atoms with Gasteiger partial charge in [-0.25, -0.2) is 14.5 Å². The Kier molecular flexibility index (Phi) is 3.85. The van der Waals surface area contributed by atoms with E-state index in [-0.39, 0.29) is 23.9 Å². The maximum absolute atomic E-state index is 11.6. The van der Waals surface area contributed by atoms with Gasteiger partial charge in [-0.1, -0.05) is 5.21 Å². The molecule has 2 heterocycles. The minimum absolute atomic E-state index is 0.0656. The van der Waals surface area contributed by atoms with Gasteiger partial charge in [0.1, 0.15) is 16.4 Å². The zero-order valence-corrected chi connectivity index (χ0v) is 10.8. The number of thiazole rings is 1. The minimum Gasteiger partial charge on any atom is -0.477 e. The van der Waals surface area contributed by atoms with E-state index in [1.54, 1.807) is 13.1 Å². The van der Waals surface area contributed by atoms with Crippen molar-refractivity contribution in [1.29, 1.82) is 0 Å². The summed E-state index contributed by atoms with van der Waals surface area (Å²) in [6.45, 7) is 1.89. The fourth-order valence-electron chi connectivity index (χ4n) is 1.42. The van der Waals surface area contributed by atoms with Crippen LogP contribution in [0.15, 0.2) is 12.4 Å². The molecule has 2 N–H and O–H groups in total. The average molecular weight is 281 g/mol. The average Bonchev–Trinajstić information content (AvgIpc) is 2.96. The van der Waals surface area contributed by atoms with Gasteiger partial charge in [0, 0.05) is 6.20 Å². The van der Waals surface area contributed by atoms with E-state index >= 15 is 0 Å². The third kappa shape index (κ3) is 3.35. The lowest BCUT2D eigenvalue weighted by molar-refractivity contribution is -0.122. The Hall–Kier alpha value is -2.29. The molecular formula is C10H11N5O3S. The molecular weight excluding hydrogens is 270 g/mol. The first-order valence-corrected chi connectivity index (χ1v) is 6.18. The van der Waals surface area contributed by atoms with Crippen LogP contribution < -0.4 is 5.32 Å². The Balaban J connectivity index is 1.90. The van der Waals surface area contributed by atoms with Gasteiger partial charge < -0.3 is 10.4 Å². The molecule has 0 atom stereocenters. The number of aromatic carboxylic acids is 1. The van der Waals surface area contributed by atoms with E-state index in [1.165, 1.54) is 10.9 Å². The van der Waals surface area contributed by atoms with Crippen molar-refractivity contribution >= 4 is 23.2 Å². The lowest BCUT2D eigenvalue weighted by atomic mass is 10.4. The molecule has 0 aromatic carbocycles. The van der Waals surface area contributed by atoms with Gasteiger partial charge in [-0.15, -0.1) is 16.4 Å². The molecule has 0 unspecified atom stereocenters. The molecule has 19 heavy (non-hydrogen) atoms. The van der Waals surface area contributed by atoms with E-state index in [2.05, 4.69) is 20.6 Å². The predicted molar refractivity (Wildman–Crippen MR) is 65.7 cm³/mol. The number of nitrogens with one attached hydrogen (secondary N) is 1. The van der Waals surface area contributed by atoms with Gasteiger partial charge >= 0.3 is 5.97 Å². The highest BCUT2D eigenvalue weighted by Gasteiger charge is 2.14. The zero-order valence-electron chi connectivity index (χ0n) is 10.0. The quantitative estimate of drug-likeness (QED) is 0.801. The first kappa shape index (κ1) is 13.1. The summed E-state index contributed by atoms with van der Waals surface area (Å²) in [5, 5.41) is 19.3. The standard InChI is InChI=1S/C10H11N5O3S/c1-6-9(10(17)18)19-8(13-6)4-11-7(16)5-15-3-2-12-14-15/h2-3H,4-5H2,1H3,(H,11,16)(H,17,18). The third-order valence-corrected chi connectivity index (χ3v) is 3.39. The number of hydrogen-bond donors (Lipinski definition) is 2. The fourth-order valence-corrected chi connectivity index (χ4v) is 2.26. The van der Waals surface area contributed by atoms with Crippen LogP contribution in [0.2, 0.25) is 0 Å². The van der Waals surface area contributed by atoms with Crippen LogP contribution in [0.25, 0.3) is 0 Å². The number of amides is 1. The summed E-state index contributed by atoms with van der Waals surface area (Å²) in [5.74, 6) is -1.24. The summed E-state index contributed by atoms with van der Waals surface area (Å²) in [4.78, 5) is 26.7. The minimum atomic E-state index is -1.00. The fraction of sp³-hybridized carbons (Fsp3) is 0.300. The molecule has 0 aliphatic carbocycles. The molecule has 0 fully saturated rings. The van der Waals surface area contributed by atoms with Crippen LogP contribution in [0.4, 0.5) is 0 Å². The van der Waals surface area contributed by atoms with E-state index in [0.717, 1.165) is 11.3 Å². The number of rotatable bonds is 5. The molecule has 0 spiro atoms. The molecule has 0 bridgehead atoms. The van der Waals surface area contributed by atoms with Crippen molar-refractivity contribution in [1.82, 2.24) is 25.3 Å². The largest absolute Gasteiger partial charge is 0.477 e. The van der Waals surface area contributed by atoms with Gasteiger partial charge in [0.15, 0.2) is 0 Å². The normalized spacial score (nSPS) is 10.4. The molecule has 2 aromatic heterocycles. The second-order valence-corrected chi connectivity index (χ2v) is 4.79. The van der Waals surface area contributed by atoms with Crippen molar-refractivity contribution in [2.45, 2.75) is 20.0 Å². The second kappa shape index (κ2) is 5.57. The van der Waals surface area contributed by atoms with Crippen molar-refractivity contribution in [2.24, 2.45) is 0 Å². The summed E-state index contributed by atoms with van der Waals surface area (Å²) in [6, 6.07) is 0. The van der Waals surface area contributed by atoms with Crippen LogP contribution in [0.5, 0.6) is 0 Å². The van der Waals surface area contributed by atoms with Crippen molar-refractivity contribution in [3.63, 3.8) is 0 Å². The van der Waals surface area contributed by atoms with Crippen LogP contribution in [0.3, 0.4) is 0 Å². The molecule has 9 heteroatoms. The van der Waals surface area contributed by atoms with Gasteiger partial charge in [0.2, 0.25) is 5.91 Å². The number of carboxylic acid groups (broad SMARTS) is 1. The maximum Gasteiger partial charge on any atom is 0.347 e. The number of nitrogens with zero attached hydrogens (tertiary/aromatic N) is 4. The van der Waals surface area contributed by atoms with Crippen LogP contribution in [-0.2, 0) is 17.9 Å². The monoisotopic (exact) mass is 281 g/mol. The van der Waals surface area contributed by atoms with Crippen LogP contribution in [0, 0.1) is 6.92 Å². The van der Waals surface area contributed by atoms with Crippen molar-refractivity contribution in [2.75, 3.05) is 0 Å². The lowest BCUT2D eigenvalue weighted by Gasteiger charge is -2.02. The van der Waals surface area contributed by atoms with Crippen LogP contribution in [-0.4, -0.2) is 37.0 Å². The molecule has 0 radical (unpaired) electrons. The van der Waals surface area contributed by atoms with Gasteiger partial charge in [-0.3, -0.25) is 4.79 Å². The molecule has 0 saturated carbocycles. The van der Waals surface area contributed by atoms with Gasteiger partial charge in [0.25, 0.3) is 0 Å². The summed E-state index contributed by atoms with van der Waals surface area (Å²) in [7, 11) is 0. The second-order valence-electron chi connectivity index (χ2n) is 3.70. The molecule has 100 valence electrons. The molecule has 0 aliphatic heterocycles. The van der Waals surface area contributed by atoms with Gasteiger partial charge in [-0.05, 0) is 6.92 Å². The summed E-state index contributed by atoms with van der Waals surface area (Å²) in [5.41, 5.74) is 0.457. The predicted octanol–water partition coefficient (Wildman–Crippen LogP) is 0.0576. The first-order chi connectivity index (χ1) is 9.06. The Labute approximate surface area is 112 Å². The molecule has 1 amide bonds. The maximum atomic E-state index is 11.6. The Morgan fingerprint density at radius 3 is 2.89 bits per heavy atom. The molecule has 2 aromatic rings. The van der Waals surface area contributed by atoms with Crippen LogP contribution in [0.1, 0.15) is 20.4 Å². The van der Waals surface area contributed by atoms with E-state index < -0.39 is 5.97 Å². The SMILES string of the molecule is Cc1nc(CNC(=O)Cn2ccnn2)sc1C(=O)O. The molecule has 0 aliphatic rings. The smallest absolute Gasteiger partial charge is 0.347 e. The molecule has 2 rings (SSSR count). The number of carbonyl (C=O) groups is 2. The number of carbonyl (C=O) groups excluding carboxylic acids is 1. The summed E-state index contributed by atoms with van der Waals surface area (Å²) < 4.78 is 1.39. The molecule has 0 saturated heterocycles. The number of hydrogen-bond acceptors (Lipinski definition) is 6. The highest BCUT2D eigenvalue weighted by Crippen LogP contribution is 2.17. The zero-order chi connectivity index (χ0) is 13.8. The lowest BCUT2D eigenvalue weighted by Crippen LogP contribution is -2.27. The topological polar surface area (TPSA) is 110 Å². The van der Waals surface area contributed by atoms with Gasteiger partial charge in [0.05, 0.1) is 18.4 Å². The van der Waals surface area contributed by atoms with Crippen LogP contribution >= 0.6 is 11.3 Å². The summed E-state index contributed by atoms with van der Waals surface area (Å²) >= 11 is 1.06. The van der Waals surface area contributed by atoms with Crippen molar-refractivity contribution < 1.29 is 14.7 Å². The highest BCUT2D eigenvalue weighted by molar-refractivity contribution is 7.13. The number of aryl methyl sites for hydroxylation is 1. The van der Waals surface area contributed by atoms with E-state index in [0.29, 0.717) is 10.7 Å². The summed E-state index contributed by atoms with van der Waals surface area (Å²) in [6.07, 6.45) is 3.06. The van der Waals surface area contributed by atoms with Crippen molar-refractivity contribution in [3.05, 3.63) is 28.0 Å². The van der Waals surface area contributed by atoms with Crippen molar-refractivity contribution in [3.8, 4) is 0 Å². The Morgan fingerprint density at radius 2 is 2.32 bits per heavy atom. The molecule has 8 nitrogen and oxygen atoms in total. The van der Waals surface area contributed by atoms with Gasteiger partial charge in [-0.2, -0.15) is 0 Å². The van der Waals surface area contributed by atoms with E-state index in [1.807, 2.05) is 0 Å². The first-order valence-electron chi connectivity index (χ1n) is 5.36. The number of carboxylic acids is 1.